The molecular weight excluding hydrogens is 594 g/mol. The Morgan fingerprint density at radius 3 is 2.15 bits per heavy atom. The molecule has 1 saturated heterocycles. The Bertz CT molecular complexity index is 1280. The van der Waals surface area contributed by atoms with Crippen molar-refractivity contribution in [2.75, 3.05) is 13.7 Å². The van der Waals surface area contributed by atoms with E-state index in [9.17, 15) is 33.6 Å². The zero-order valence-electron chi connectivity index (χ0n) is 27.3. The molecule has 2 aliphatic rings. The van der Waals surface area contributed by atoms with E-state index >= 15 is 0 Å². The lowest BCUT2D eigenvalue weighted by atomic mass is 10.00. The minimum atomic E-state index is -1.23. The Hall–Kier alpha value is -4.29. The molecule has 0 spiro atoms. The fraction of sp³-hybridized carbons (Fsp3) is 0.606. The Morgan fingerprint density at radius 2 is 1.57 bits per heavy atom. The molecule has 4 N–H and O–H groups in total. The highest BCUT2D eigenvalue weighted by Gasteiger charge is 2.40. The predicted molar refractivity (Wildman–Crippen MR) is 168 cm³/mol. The first-order valence-corrected chi connectivity index (χ1v) is 16.0. The van der Waals surface area contributed by atoms with E-state index in [-0.39, 0.29) is 31.3 Å². The number of methoxy groups -OCH3 is 1. The Morgan fingerprint density at radius 1 is 0.891 bits per heavy atom. The van der Waals surface area contributed by atoms with Gasteiger partial charge in [0.15, 0.2) is 0 Å². The van der Waals surface area contributed by atoms with Crippen LogP contribution < -0.4 is 21.3 Å². The monoisotopic (exact) mass is 641 g/mol. The number of likely N-dealkylation sites (tertiary alicyclic amines) is 1. The fourth-order valence-corrected chi connectivity index (χ4v) is 5.33. The van der Waals surface area contributed by atoms with Crippen molar-refractivity contribution in [3.05, 3.63) is 35.9 Å². The van der Waals surface area contributed by atoms with E-state index in [1.165, 1.54) is 12.0 Å². The fourth-order valence-electron chi connectivity index (χ4n) is 5.33. The molecule has 13 heteroatoms. The minimum Gasteiger partial charge on any atom is -0.467 e. The quantitative estimate of drug-likeness (QED) is 0.154. The van der Waals surface area contributed by atoms with Gasteiger partial charge in [-0.25, -0.2) is 4.79 Å². The molecule has 0 bridgehead atoms. The van der Waals surface area contributed by atoms with E-state index in [0.29, 0.717) is 24.8 Å². The van der Waals surface area contributed by atoms with E-state index < -0.39 is 71.4 Å². The third-order valence-electron chi connectivity index (χ3n) is 8.06. The van der Waals surface area contributed by atoms with Crippen LogP contribution in [0.4, 0.5) is 0 Å². The second-order valence-electron chi connectivity index (χ2n) is 12.7. The van der Waals surface area contributed by atoms with Crippen molar-refractivity contribution < 1.29 is 38.3 Å². The highest BCUT2D eigenvalue weighted by atomic mass is 16.5. The van der Waals surface area contributed by atoms with Crippen LogP contribution in [0, 0.1) is 11.8 Å². The molecule has 46 heavy (non-hydrogen) atoms. The lowest BCUT2D eigenvalue weighted by Crippen LogP contribution is -2.59. The number of carbonyl (C=O) groups excluding carboxylic acids is 7. The molecule has 0 aromatic heterocycles. The molecule has 1 saturated carbocycles. The van der Waals surface area contributed by atoms with Crippen molar-refractivity contribution in [2.45, 2.75) is 103 Å². The van der Waals surface area contributed by atoms with Gasteiger partial charge in [0.25, 0.3) is 11.8 Å². The lowest BCUT2D eigenvalue weighted by Gasteiger charge is -2.32. The summed E-state index contributed by atoms with van der Waals surface area (Å²) in [6.45, 7) is 7.60. The summed E-state index contributed by atoms with van der Waals surface area (Å²) in [5.41, 5.74) is 0.295. The van der Waals surface area contributed by atoms with Crippen molar-refractivity contribution in [1.29, 1.82) is 0 Å². The summed E-state index contributed by atoms with van der Waals surface area (Å²) in [7, 11) is 1.25. The zero-order chi connectivity index (χ0) is 34.0. The predicted octanol–water partition coefficient (Wildman–Crippen LogP) is 1.25. The van der Waals surface area contributed by atoms with Gasteiger partial charge < -0.3 is 30.9 Å². The normalized spacial score (nSPS) is 17.9. The summed E-state index contributed by atoms with van der Waals surface area (Å²) >= 11 is 0. The number of ketones is 1. The molecule has 1 aliphatic heterocycles. The number of hydrogen-bond acceptors (Lipinski definition) is 8. The van der Waals surface area contributed by atoms with Gasteiger partial charge in [-0.2, -0.15) is 0 Å². The molecule has 1 heterocycles. The van der Waals surface area contributed by atoms with Crippen LogP contribution in [-0.2, 0) is 33.5 Å². The highest BCUT2D eigenvalue weighted by Crippen LogP contribution is 2.22. The topological polar surface area (TPSA) is 180 Å². The molecule has 1 aromatic rings. The third kappa shape index (κ3) is 10.4. The van der Waals surface area contributed by atoms with E-state index in [1.807, 2.05) is 13.8 Å². The van der Waals surface area contributed by atoms with Crippen LogP contribution in [0.2, 0.25) is 0 Å². The summed E-state index contributed by atoms with van der Waals surface area (Å²) in [5, 5.41) is 10.7. The van der Waals surface area contributed by atoms with Gasteiger partial charge in [0.2, 0.25) is 23.5 Å². The lowest BCUT2D eigenvalue weighted by molar-refractivity contribution is -0.147. The Balaban J connectivity index is 1.74. The van der Waals surface area contributed by atoms with Crippen LogP contribution in [0.3, 0.4) is 0 Å². The average molecular weight is 642 g/mol. The van der Waals surface area contributed by atoms with Crippen LogP contribution in [0.15, 0.2) is 30.3 Å². The van der Waals surface area contributed by atoms with Gasteiger partial charge in [0.1, 0.15) is 24.2 Å². The van der Waals surface area contributed by atoms with E-state index in [0.717, 1.165) is 12.8 Å². The van der Waals surface area contributed by atoms with Crippen LogP contribution in [0.5, 0.6) is 0 Å². The summed E-state index contributed by atoms with van der Waals surface area (Å²) in [4.78, 5) is 92.3. The second kappa shape index (κ2) is 16.9. The van der Waals surface area contributed by atoms with E-state index in [4.69, 9.17) is 4.74 Å². The first-order valence-electron chi connectivity index (χ1n) is 16.0. The molecule has 3 rings (SSSR count). The van der Waals surface area contributed by atoms with Gasteiger partial charge in [-0.1, -0.05) is 45.9 Å². The molecule has 1 aliphatic carbocycles. The first kappa shape index (κ1) is 36.2. The SMILES string of the molecule is COC(=O)[C@H](CC(C)C)NC(=O)[C@@H]1CCCN1C(=O)[C@@H](NC(=O)[C@H](CCC(=O)C(=O)NC1CC1)NC(=O)c1ccccc1)C(C)C. The van der Waals surface area contributed by atoms with Crippen LogP contribution >= 0.6 is 0 Å². The molecule has 13 nitrogen and oxygen atoms in total. The van der Waals surface area contributed by atoms with Gasteiger partial charge in [-0.05, 0) is 62.5 Å². The van der Waals surface area contributed by atoms with Crippen molar-refractivity contribution in [1.82, 2.24) is 26.2 Å². The van der Waals surface area contributed by atoms with Crippen LogP contribution in [-0.4, -0.2) is 90.1 Å². The maximum atomic E-state index is 13.9. The number of amides is 5. The van der Waals surface area contributed by atoms with Crippen LogP contribution in [0.25, 0.3) is 0 Å². The summed E-state index contributed by atoms with van der Waals surface area (Å²) < 4.78 is 4.85. The summed E-state index contributed by atoms with van der Waals surface area (Å²) in [6, 6.07) is 4.22. The molecule has 0 unspecified atom stereocenters. The number of esters is 1. The molecule has 5 amide bonds. The van der Waals surface area contributed by atoms with Gasteiger partial charge in [0.05, 0.1) is 7.11 Å². The Labute approximate surface area is 269 Å². The van der Waals surface area contributed by atoms with Gasteiger partial charge >= 0.3 is 5.97 Å². The number of nitrogens with one attached hydrogen (secondary N) is 4. The average Bonchev–Trinajstić information content (AvgIpc) is 3.70. The number of Topliss-reactive ketones (excluding diaryl/α,β-unsaturated/α-hetero) is 1. The molecular formula is C33H47N5O8. The first-order chi connectivity index (χ1) is 21.8. The smallest absolute Gasteiger partial charge is 0.328 e. The molecule has 1 aromatic carbocycles. The number of benzene rings is 1. The highest BCUT2D eigenvalue weighted by molar-refractivity contribution is 6.36. The molecule has 2 fully saturated rings. The molecule has 0 radical (unpaired) electrons. The maximum Gasteiger partial charge on any atom is 0.328 e. The molecule has 4 atom stereocenters. The summed E-state index contributed by atoms with van der Waals surface area (Å²) in [5.74, 6) is -4.52. The second-order valence-corrected chi connectivity index (χ2v) is 12.7. The largest absolute Gasteiger partial charge is 0.467 e. The maximum absolute atomic E-state index is 13.9. The van der Waals surface area contributed by atoms with Crippen LogP contribution in [0.1, 0.15) is 83.0 Å². The van der Waals surface area contributed by atoms with Gasteiger partial charge in [0, 0.05) is 24.6 Å². The zero-order valence-corrected chi connectivity index (χ0v) is 27.3. The third-order valence-corrected chi connectivity index (χ3v) is 8.06. The number of ether oxygens (including phenoxy) is 1. The summed E-state index contributed by atoms with van der Waals surface area (Å²) in [6.07, 6.45) is 2.46. The number of hydrogen-bond donors (Lipinski definition) is 4. The molecule has 252 valence electrons. The van der Waals surface area contributed by atoms with Gasteiger partial charge in [-0.3, -0.25) is 28.8 Å². The van der Waals surface area contributed by atoms with E-state index in [2.05, 4.69) is 21.3 Å². The van der Waals surface area contributed by atoms with Gasteiger partial charge in [-0.15, -0.1) is 0 Å². The van der Waals surface area contributed by atoms with Crippen molar-refractivity contribution in [2.24, 2.45) is 11.8 Å². The number of nitrogens with zero attached hydrogens (tertiary/aromatic N) is 1. The van der Waals surface area contributed by atoms with E-state index in [1.54, 1.807) is 44.2 Å². The van der Waals surface area contributed by atoms with Crippen molar-refractivity contribution in [3.8, 4) is 0 Å². The van der Waals surface area contributed by atoms with Crippen molar-refractivity contribution in [3.63, 3.8) is 0 Å². The number of rotatable bonds is 16. The Kier molecular flexibility index (Phi) is 13.3. The number of carbonyl (C=O) groups is 7. The minimum absolute atomic E-state index is 0.0100. The van der Waals surface area contributed by atoms with Crippen molar-refractivity contribution >= 4 is 41.3 Å². The standard InChI is InChI=1S/C33H47N5O8/c1-19(2)18-24(33(45)46-5)36-30(42)25-12-9-17-38(25)32(44)27(20(3)4)37-29(41)23(35-28(40)21-10-7-6-8-11-21)15-16-26(39)31(43)34-22-13-14-22/h6-8,10-11,19-20,22-25,27H,9,12-18H2,1-5H3,(H,34,43)(H,35,40)(H,36,42)(H,37,41)/t23-,24-,25-,27-/m0/s1.